The number of fused-ring (bicyclic) bond motifs is 2. The molecule has 3 aromatic carbocycles. The molecule has 0 aliphatic carbocycles. The molecule has 1 atom stereocenters. The Labute approximate surface area is 206 Å². The van der Waals surface area contributed by atoms with E-state index in [1.54, 1.807) is 54.6 Å². The van der Waals surface area contributed by atoms with Crippen molar-refractivity contribution in [2.45, 2.75) is 29.2 Å². The van der Waals surface area contributed by atoms with Gasteiger partial charge in [0.2, 0.25) is 0 Å². The highest BCUT2D eigenvalue weighted by molar-refractivity contribution is 7.85. The molecule has 180 valence electrons. The Kier molecular flexibility index (Phi) is 6.74. The minimum absolute atomic E-state index is 0.150. The first-order valence-electron chi connectivity index (χ1n) is 11.7. The van der Waals surface area contributed by atoms with Gasteiger partial charge in [0.05, 0.1) is 38.4 Å². The van der Waals surface area contributed by atoms with Crippen molar-refractivity contribution < 1.29 is 18.2 Å². The van der Waals surface area contributed by atoms with Crippen molar-refractivity contribution in [3.63, 3.8) is 0 Å². The second-order valence-corrected chi connectivity index (χ2v) is 10.2. The number of carbonyl (C=O) groups excluding carboxylic acids is 2. The number of amides is 2. The lowest BCUT2D eigenvalue weighted by Crippen LogP contribution is -2.34. The maximum Gasteiger partial charge on any atom is 0.259 e. The Bertz CT molecular complexity index is 1290. The molecule has 1 fully saturated rings. The summed E-state index contributed by atoms with van der Waals surface area (Å²) in [6, 6.07) is 17.7. The molecule has 2 heterocycles. The van der Waals surface area contributed by atoms with E-state index in [-0.39, 0.29) is 24.2 Å². The largest absolute Gasteiger partial charge is 0.351 e. The van der Waals surface area contributed by atoms with E-state index in [1.165, 1.54) is 29.9 Å². The first-order valence-corrected chi connectivity index (χ1v) is 12.9. The SMILES string of the molecule is O=C(NCCN1CCCC1)c1ccc2c(c1)N(Cc1ccc(F)cc1)C(=O)c1ccccc1[S@@]2=O. The van der Waals surface area contributed by atoms with Crippen molar-refractivity contribution in [1.29, 1.82) is 0 Å². The fraction of sp³-hybridized carbons (Fsp3) is 0.259. The lowest BCUT2D eigenvalue weighted by Gasteiger charge is -2.24. The van der Waals surface area contributed by atoms with E-state index >= 15 is 0 Å². The van der Waals surface area contributed by atoms with Gasteiger partial charge in [0.1, 0.15) is 5.82 Å². The molecule has 2 aliphatic rings. The zero-order valence-corrected chi connectivity index (χ0v) is 20.0. The average Bonchev–Trinajstić information content (AvgIpc) is 3.38. The molecular weight excluding hydrogens is 465 g/mol. The van der Waals surface area contributed by atoms with Crippen LogP contribution < -0.4 is 10.2 Å². The Morgan fingerprint density at radius 1 is 0.971 bits per heavy atom. The maximum absolute atomic E-state index is 13.6. The summed E-state index contributed by atoms with van der Waals surface area (Å²) in [5.74, 6) is -0.923. The highest BCUT2D eigenvalue weighted by atomic mass is 32.2. The predicted molar refractivity (Wildman–Crippen MR) is 132 cm³/mol. The lowest BCUT2D eigenvalue weighted by molar-refractivity contribution is 0.0946. The summed E-state index contributed by atoms with van der Waals surface area (Å²) in [7, 11) is -1.60. The van der Waals surface area contributed by atoms with Gasteiger partial charge < -0.3 is 15.1 Å². The van der Waals surface area contributed by atoms with Crippen molar-refractivity contribution >= 4 is 28.3 Å². The minimum atomic E-state index is -1.60. The van der Waals surface area contributed by atoms with Crippen LogP contribution >= 0.6 is 0 Å². The van der Waals surface area contributed by atoms with Crippen LogP contribution in [0.1, 0.15) is 39.1 Å². The summed E-state index contributed by atoms with van der Waals surface area (Å²) in [5.41, 5.74) is 1.88. The molecule has 5 rings (SSSR count). The predicted octanol–water partition coefficient (Wildman–Crippen LogP) is 3.98. The standard InChI is InChI=1S/C27H26FN3O3S/c28-21-10-7-19(8-11-21)18-31-23-17-20(26(32)29-13-16-30-14-3-4-15-30)9-12-25(23)35(34)24-6-2-1-5-22(24)27(31)33/h1-2,5-12,17H,3-4,13-16,18H2,(H,29,32)/t35-/m0/s1. The van der Waals surface area contributed by atoms with Gasteiger partial charge in [-0.1, -0.05) is 24.3 Å². The van der Waals surface area contributed by atoms with Crippen LogP contribution in [-0.2, 0) is 17.3 Å². The summed E-state index contributed by atoms with van der Waals surface area (Å²) >= 11 is 0. The van der Waals surface area contributed by atoms with Gasteiger partial charge in [0.15, 0.2) is 0 Å². The quantitative estimate of drug-likeness (QED) is 0.566. The Hall–Kier alpha value is -3.36. The average molecular weight is 492 g/mol. The molecule has 0 saturated carbocycles. The van der Waals surface area contributed by atoms with Gasteiger partial charge in [0, 0.05) is 18.7 Å². The van der Waals surface area contributed by atoms with Gasteiger partial charge in [-0.15, -0.1) is 0 Å². The van der Waals surface area contributed by atoms with Crippen LogP contribution in [0.3, 0.4) is 0 Å². The third kappa shape index (κ3) is 4.90. The highest BCUT2D eigenvalue weighted by Gasteiger charge is 2.31. The first-order chi connectivity index (χ1) is 17.0. The van der Waals surface area contributed by atoms with Crippen molar-refractivity contribution in [3.8, 4) is 0 Å². The van der Waals surface area contributed by atoms with E-state index in [1.807, 2.05) is 0 Å². The van der Waals surface area contributed by atoms with Gasteiger partial charge >= 0.3 is 0 Å². The zero-order valence-electron chi connectivity index (χ0n) is 19.2. The van der Waals surface area contributed by atoms with Gasteiger partial charge in [0.25, 0.3) is 11.8 Å². The number of anilines is 1. The Balaban J connectivity index is 1.48. The highest BCUT2D eigenvalue weighted by Crippen LogP contribution is 2.36. The molecule has 2 amide bonds. The zero-order chi connectivity index (χ0) is 24.4. The molecule has 2 aliphatic heterocycles. The minimum Gasteiger partial charge on any atom is -0.351 e. The van der Waals surface area contributed by atoms with Gasteiger partial charge in [-0.3, -0.25) is 9.59 Å². The number of benzene rings is 3. The van der Waals surface area contributed by atoms with E-state index in [0.717, 1.165) is 25.2 Å². The van der Waals surface area contributed by atoms with Crippen LogP contribution in [-0.4, -0.2) is 47.1 Å². The molecule has 6 nitrogen and oxygen atoms in total. The number of nitrogens with zero attached hydrogens (tertiary/aromatic N) is 2. The number of carbonyl (C=O) groups is 2. The lowest BCUT2D eigenvalue weighted by atomic mass is 10.1. The van der Waals surface area contributed by atoms with Crippen molar-refractivity contribution in [3.05, 3.63) is 89.2 Å². The first kappa shape index (κ1) is 23.4. The summed E-state index contributed by atoms with van der Waals surface area (Å²) < 4.78 is 27.0. The van der Waals surface area contributed by atoms with Crippen LogP contribution in [0.15, 0.2) is 76.5 Å². The molecule has 1 N–H and O–H groups in total. The number of rotatable bonds is 6. The third-order valence-corrected chi connectivity index (χ3v) is 7.94. The van der Waals surface area contributed by atoms with Crippen LogP contribution in [0.25, 0.3) is 0 Å². The van der Waals surface area contributed by atoms with E-state index in [0.29, 0.717) is 33.2 Å². The second-order valence-electron chi connectivity index (χ2n) is 8.77. The number of likely N-dealkylation sites (tertiary alicyclic amines) is 1. The fourth-order valence-electron chi connectivity index (χ4n) is 4.57. The molecule has 8 heteroatoms. The number of hydrogen-bond acceptors (Lipinski definition) is 4. The second kappa shape index (κ2) is 10.1. The number of halogens is 1. The molecule has 0 radical (unpaired) electrons. The van der Waals surface area contributed by atoms with Crippen molar-refractivity contribution in [2.75, 3.05) is 31.1 Å². The van der Waals surface area contributed by atoms with Crippen LogP contribution in [0, 0.1) is 5.82 Å². The van der Waals surface area contributed by atoms with E-state index in [9.17, 15) is 18.2 Å². The Morgan fingerprint density at radius 2 is 1.71 bits per heavy atom. The van der Waals surface area contributed by atoms with Gasteiger partial charge in [-0.25, -0.2) is 8.60 Å². The number of hydrogen-bond donors (Lipinski definition) is 1. The molecule has 0 spiro atoms. The van der Waals surface area contributed by atoms with Crippen LogP contribution in [0.5, 0.6) is 0 Å². The van der Waals surface area contributed by atoms with Crippen LogP contribution in [0.2, 0.25) is 0 Å². The van der Waals surface area contributed by atoms with E-state index in [2.05, 4.69) is 10.2 Å². The molecule has 0 bridgehead atoms. The number of nitrogens with one attached hydrogen (secondary N) is 1. The smallest absolute Gasteiger partial charge is 0.259 e. The molecule has 0 aromatic heterocycles. The van der Waals surface area contributed by atoms with Gasteiger partial charge in [-0.2, -0.15) is 0 Å². The van der Waals surface area contributed by atoms with E-state index < -0.39 is 10.8 Å². The van der Waals surface area contributed by atoms with Crippen molar-refractivity contribution in [1.82, 2.24) is 10.2 Å². The molecule has 1 saturated heterocycles. The molecule has 3 aromatic rings. The van der Waals surface area contributed by atoms with Crippen molar-refractivity contribution in [2.24, 2.45) is 0 Å². The molecular formula is C27H26FN3O3S. The topological polar surface area (TPSA) is 69.7 Å². The monoisotopic (exact) mass is 491 g/mol. The fourth-order valence-corrected chi connectivity index (χ4v) is 5.91. The maximum atomic E-state index is 13.6. The summed E-state index contributed by atoms with van der Waals surface area (Å²) in [5, 5.41) is 2.96. The summed E-state index contributed by atoms with van der Waals surface area (Å²) in [6.07, 6.45) is 2.38. The third-order valence-electron chi connectivity index (χ3n) is 6.44. The van der Waals surface area contributed by atoms with Crippen LogP contribution in [0.4, 0.5) is 10.1 Å². The molecule has 35 heavy (non-hydrogen) atoms. The summed E-state index contributed by atoms with van der Waals surface area (Å²) in [4.78, 5) is 31.3. The van der Waals surface area contributed by atoms with E-state index in [4.69, 9.17) is 0 Å². The molecule has 0 unspecified atom stereocenters. The van der Waals surface area contributed by atoms with Gasteiger partial charge in [-0.05, 0) is 74.0 Å². The normalized spacial score (nSPS) is 17.6. The Morgan fingerprint density at radius 3 is 2.49 bits per heavy atom. The summed E-state index contributed by atoms with van der Waals surface area (Å²) in [6.45, 7) is 3.59.